The molecule has 4 rings (SSSR count). The van der Waals surface area contributed by atoms with Gasteiger partial charge in [0.05, 0.1) is 5.71 Å². The average molecular weight is 366 g/mol. The summed E-state index contributed by atoms with van der Waals surface area (Å²) >= 11 is 0. The van der Waals surface area contributed by atoms with Crippen LogP contribution in [0.1, 0.15) is 17.5 Å². The van der Waals surface area contributed by atoms with Crippen LogP contribution in [0.4, 0.5) is 10.1 Å². The maximum absolute atomic E-state index is 13.4. The monoisotopic (exact) mass is 366 g/mol. The average Bonchev–Trinajstić information content (AvgIpc) is 3.36. The number of nitrogens with zero attached hydrogens (tertiary/aromatic N) is 3. The fourth-order valence-electron chi connectivity index (χ4n) is 2.76. The number of carbonyl (C=O) groups is 1. The van der Waals surface area contributed by atoms with Gasteiger partial charge in [0.2, 0.25) is 18.4 Å². The molecule has 1 aromatic heterocycles. The van der Waals surface area contributed by atoms with Crippen molar-refractivity contribution >= 4 is 17.3 Å². The molecular weight excluding hydrogens is 351 g/mol. The zero-order chi connectivity index (χ0) is 18.8. The van der Waals surface area contributed by atoms with Crippen molar-refractivity contribution in [1.29, 1.82) is 0 Å². The Morgan fingerprint density at radius 1 is 1.22 bits per heavy atom. The molecule has 1 aliphatic heterocycles. The van der Waals surface area contributed by atoms with Crippen molar-refractivity contribution in [2.24, 2.45) is 5.16 Å². The lowest BCUT2D eigenvalue weighted by atomic mass is 10.0. The van der Waals surface area contributed by atoms with E-state index in [-0.39, 0.29) is 18.1 Å². The molecule has 27 heavy (non-hydrogen) atoms. The molecule has 2 aromatic carbocycles. The molecule has 2 heterocycles. The van der Waals surface area contributed by atoms with Crippen LogP contribution >= 0.6 is 0 Å². The molecule has 0 saturated carbocycles. The second kappa shape index (κ2) is 6.99. The van der Waals surface area contributed by atoms with E-state index in [1.165, 1.54) is 18.5 Å². The SMILES string of the molecule is Cc1ccc(-c2nnco2)cc1NC(=O)[C@H]1CC(c2cccc(F)c2)=NO1. The summed E-state index contributed by atoms with van der Waals surface area (Å²) in [5.74, 6) is -0.341. The minimum atomic E-state index is -0.783. The van der Waals surface area contributed by atoms with E-state index in [0.717, 1.165) is 5.56 Å². The standard InChI is InChI=1S/C19H15FN4O3/c1-11-5-6-13(19-23-21-10-26-19)8-15(11)22-18(25)17-9-16(24-27-17)12-3-2-4-14(20)7-12/h2-8,10,17H,9H2,1H3,(H,22,25)/t17-/m1/s1. The molecule has 136 valence electrons. The summed E-state index contributed by atoms with van der Waals surface area (Å²) in [5.41, 5.74) is 3.30. The van der Waals surface area contributed by atoms with Crippen molar-refractivity contribution in [3.05, 3.63) is 65.8 Å². The van der Waals surface area contributed by atoms with Crippen molar-refractivity contribution in [2.75, 3.05) is 5.32 Å². The normalized spacial score (nSPS) is 15.9. The predicted molar refractivity (Wildman–Crippen MR) is 95.5 cm³/mol. The molecule has 7 nitrogen and oxygen atoms in total. The highest BCUT2D eigenvalue weighted by Gasteiger charge is 2.29. The Kier molecular flexibility index (Phi) is 4.37. The van der Waals surface area contributed by atoms with E-state index in [1.54, 1.807) is 18.2 Å². The van der Waals surface area contributed by atoms with Crippen molar-refractivity contribution in [3.63, 3.8) is 0 Å². The second-order valence-corrected chi connectivity index (χ2v) is 6.11. The van der Waals surface area contributed by atoms with Gasteiger partial charge in [-0.15, -0.1) is 10.2 Å². The molecule has 0 radical (unpaired) electrons. The van der Waals surface area contributed by atoms with Gasteiger partial charge in [-0.1, -0.05) is 23.4 Å². The summed E-state index contributed by atoms with van der Waals surface area (Å²) in [5, 5.41) is 14.3. The molecule has 0 fully saturated rings. The summed E-state index contributed by atoms with van der Waals surface area (Å²) in [4.78, 5) is 17.8. The zero-order valence-corrected chi connectivity index (χ0v) is 14.3. The van der Waals surface area contributed by atoms with Crippen LogP contribution in [0, 0.1) is 12.7 Å². The van der Waals surface area contributed by atoms with Crippen molar-refractivity contribution in [3.8, 4) is 11.5 Å². The van der Waals surface area contributed by atoms with Crippen LogP contribution in [-0.4, -0.2) is 27.9 Å². The summed E-state index contributed by atoms with van der Waals surface area (Å²) < 4.78 is 18.6. The maximum atomic E-state index is 13.4. The molecule has 1 amide bonds. The third-order valence-corrected chi connectivity index (χ3v) is 4.22. The van der Waals surface area contributed by atoms with Gasteiger partial charge in [-0.2, -0.15) is 0 Å². The molecule has 1 N–H and O–H groups in total. The fourth-order valence-corrected chi connectivity index (χ4v) is 2.76. The lowest BCUT2D eigenvalue weighted by Gasteiger charge is -2.12. The highest BCUT2D eigenvalue weighted by Crippen LogP contribution is 2.25. The molecule has 8 heteroatoms. The Balaban J connectivity index is 1.47. The van der Waals surface area contributed by atoms with Crippen molar-refractivity contribution in [1.82, 2.24) is 10.2 Å². The number of halogens is 1. The number of carbonyl (C=O) groups excluding carboxylic acids is 1. The highest BCUT2D eigenvalue weighted by atomic mass is 19.1. The lowest BCUT2D eigenvalue weighted by molar-refractivity contribution is -0.125. The molecule has 0 aliphatic carbocycles. The number of nitrogens with one attached hydrogen (secondary N) is 1. The Bertz CT molecular complexity index is 1020. The summed E-state index contributed by atoms with van der Waals surface area (Å²) in [6, 6.07) is 11.5. The third kappa shape index (κ3) is 3.55. The van der Waals surface area contributed by atoms with Gasteiger partial charge in [0.25, 0.3) is 5.91 Å². The Hall–Kier alpha value is -3.55. The number of hydrogen-bond acceptors (Lipinski definition) is 6. The van der Waals surface area contributed by atoms with Gasteiger partial charge in [-0.3, -0.25) is 4.79 Å². The van der Waals surface area contributed by atoms with Crippen LogP contribution in [0.25, 0.3) is 11.5 Å². The Labute approximate surface area is 153 Å². The van der Waals surface area contributed by atoms with E-state index in [0.29, 0.717) is 28.4 Å². The van der Waals surface area contributed by atoms with E-state index >= 15 is 0 Å². The smallest absolute Gasteiger partial charge is 0.268 e. The number of oxime groups is 1. The lowest BCUT2D eigenvalue weighted by Crippen LogP contribution is -2.28. The minimum Gasteiger partial charge on any atom is -0.423 e. The Morgan fingerprint density at radius 2 is 2.11 bits per heavy atom. The number of benzene rings is 2. The quantitative estimate of drug-likeness (QED) is 0.765. The van der Waals surface area contributed by atoms with Gasteiger partial charge in [0.1, 0.15) is 5.82 Å². The fraction of sp³-hybridized carbons (Fsp3) is 0.158. The van der Waals surface area contributed by atoms with E-state index in [2.05, 4.69) is 20.7 Å². The van der Waals surface area contributed by atoms with Gasteiger partial charge in [-0.25, -0.2) is 4.39 Å². The molecule has 0 bridgehead atoms. The summed E-state index contributed by atoms with van der Waals surface area (Å²) in [6.07, 6.45) is 0.720. The van der Waals surface area contributed by atoms with Crippen LogP contribution in [0.5, 0.6) is 0 Å². The molecule has 0 spiro atoms. The summed E-state index contributed by atoms with van der Waals surface area (Å²) in [7, 11) is 0. The molecular formula is C19H15FN4O3. The Morgan fingerprint density at radius 3 is 2.89 bits per heavy atom. The van der Waals surface area contributed by atoms with E-state index < -0.39 is 6.10 Å². The number of rotatable bonds is 4. The van der Waals surface area contributed by atoms with Crippen LogP contribution in [0.3, 0.4) is 0 Å². The van der Waals surface area contributed by atoms with Crippen LogP contribution < -0.4 is 5.32 Å². The number of hydrogen-bond donors (Lipinski definition) is 1. The number of aryl methyl sites for hydroxylation is 1. The van der Waals surface area contributed by atoms with Gasteiger partial charge >= 0.3 is 0 Å². The molecule has 0 unspecified atom stereocenters. The van der Waals surface area contributed by atoms with Gasteiger partial charge in [0.15, 0.2) is 0 Å². The molecule has 3 aromatic rings. The van der Waals surface area contributed by atoms with Crippen molar-refractivity contribution < 1.29 is 18.4 Å². The van der Waals surface area contributed by atoms with Crippen molar-refractivity contribution in [2.45, 2.75) is 19.4 Å². The molecule has 1 atom stereocenters. The van der Waals surface area contributed by atoms with Gasteiger partial charge in [-0.05, 0) is 36.8 Å². The predicted octanol–water partition coefficient (Wildman–Crippen LogP) is 3.32. The summed E-state index contributed by atoms with van der Waals surface area (Å²) in [6.45, 7) is 1.87. The first kappa shape index (κ1) is 16.9. The number of amides is 1. The first-order valence-electron chi connectivity index (χ1n) is 8.27. The molecule has 1 aliphatic rings. The van der Waals surface area contributed by atoms with Crippen LogP contribution in [-0.2, 0) is 9.63 Å². The minimum absolute atomic E-state index is 0.262. The number of aromatic nitrogens is 2. The maximum Gasteiger partial charge on any atom is 0.268 e. The third-order valence-electron chi connectivity index (χ3n) is 4.22. The second-order valence-electron chi connectivity index (χ2n) is 6.11. The van der Waals surface area contributed by atoms with Gasteiger partial charge < -0.3 is 14.6 Å². The van der Waals surface area contributed by atoms with Gasteiger partial charge in [0, 0.05) is 23.2 Å². The first-order chi connectivity index (χ1) is 13.1. The zero-order valence-electron chi connectivity index (χ0n) is 14.3. The molecule has 0 saturated heterocycles. The van der Waals surface area contributed by atoms with E-state index in [9.17, 15) is 9.18 Å². The largest absolute Gasteiger partial charge is 0.423 e. The van der Waals surface area contributed by atoms with E-state index in [1.807, 2.05) is 19.1 Å². The van der Waals surface area contributed by atoms with E-state index in [4.69, 9.17) is 9.25 Å². The topological polar surface area (TPSA) is 89.6 Å². The first-order valence-corrected chi connectivity index (χ1v) is 8.27. The highest BCUT2D eigenvalue weighted by molar-refractivity contribution is 6.06. The van der Waals surface area contributed by atoms with Crippen LogP contribution in [0.2, 0.25) is 0 Å². The number of anilines is 1. The van der Waals surface area contributed by atoms with Crippen LogP contribution in [0.15, 0.2) is 58.4 Å².